The summed E-state index contributed by atoms with van der Waals surface area (Å²) < 4.78 is 0. The van der Waals surface area contributed by atoms with Crippen LogP contribution in [0.15, 0.2) is 24.5 Å². The van der Waals surface area contributed by atoms with Gasteiger partial charge in [0.1, 0.15) is 0 Å². The minimum atomic E-state index is -0.229. The van der Waals surface area contributed by atoms with Gasteiger partial charge in [-0.15, -0.1) is 0 Å². The number of carbonyl (C=O) groups excluding carboxylic acids is 1. The van der Waals surface area contributed by atoms with Crippen LogP contribution in [0.5, 0.6) is 0 Å². The van der Waals surface area contributed by atoms with Crippen molar-refractivity contribution in [1.82, 2.24) is 4.98 Å². The Kier molecular flexibility index (Phi) is 3.15. The van der Waals surface area contributed by atoms with Gasteiger partial charge in [0.25, 0.3) is 0 Å². The summed E-state index contributed by atoms with van der Waals surface area (Å²) in [5, 5.41) is 8.51. The molecular weight excluding hydrogens is 164 g/mol. The molecule has 0 saturated carbocycles. The minimum Gasteiger partial charge on any atom is -0.294 e. The Bertz CT molecular complexity index is 327. The molecule has 0 N–H and O–H groups in total. The van der Waals surface area contributed by atoms with E-state index in [-0.39, 0.29) is 18.1 Å². The van der Waals surface area contributed by atoms with Gasteiger partial charge in [-0.05, 0) is 19.1 Å². The maximum absolute atomic E-state index is 11.4. The minimum absolute atomic E-state index is 0.0258. The van der Waals surface area contributed by atoms with E-state index >= 15 is 0 Å². The second-order valence-corrected chi connectivity index (χ2v) is 2.90. The topological polar surface area (TPSA) is 53.8 Å². The molecule has 0 fully saturated rings. The first-order valence-corrected chi connectivity index (χ1v) is 4.07. The molecule has 1 unspecified atom stereocenters. The molecule has 1 aromatic rings. The normalized spacial score (nSPS) is 11.7. The first-order valence-electron chi connectivity index (χ1n) is 4.07. The Morgan fingerprint density at radius 2 is 2.54 bits per heavy atom. The zero-order chi connectivity index (χ0) is 9.68. The first-order chi connectivity index (χ1) is 6.24. The van der Waals surface area contributed by atoms with Gasteiger partial charge in [-0.1, -0.05) is 0 Å². The van der Waals surface area contributed by atoms with Gasteiger partial charge in [-0.25, -0.2) is 0 Å². The molecular formula is C10H10N2O. The summed E-state index contributed by atoms with van der Waals surface area (Å²) in [6.45, 7) is 1.73. The molecule has 3 nitrogen and oxygen atoms in total. The molecule has 1 heterocycles. The molecule has 0 aromatic carbocycles. The van der Waals surface area contributed by atoms with Crippen LogP contribution >= 0.6 is 0 Å². The standard InChI is InChI=1S/C10H10N2O/c1-8(6-11)5-10(13)9-3-2-4-12-7-9/h2-4,7-8H,5H2,1H3. The van der Waals surface area contributed by atoms with Crippen LogP contribution in [0.1, 0.15) is 23.7 Å². The number of hydrogen-bond donors (Lipinski definition) is 0. The predicted molar refractivity (Wildman–Crippen MR) is 48.0 cm³/mol. The van der Waals surface area contributed by atoms with E-state index in [1.165, 1.54) is 6.20 Å². The molecule has 0 aliphatic rings. The monoisotopic (exact) mass is 174 g/mol. The molecule has 0 bridgehead atoms. The lowest BCUT2D eigenvalue weighted by Gasteiger charge is -2.00. The SMILES string of the molecule is CC(C#N)CC(=O)c1cccnc1. The number of aromatic nitrogens is 1. The molecule has 0 aliphatic carbocycles. The third-order valence-electron chi connectivity index (χ3n) is 1.70. The van der Waals surface area contributed by atoms with Crippen molar-refractivity contribution in [3.63, 3.8) is 0 Å². The lowest BCUT2D eigenvalue weighted by molar-refractivity contribution is 0.0972. The largest absolute Gasteiger partial charge is 0.294 e. The molecule has 0 spiro atoms. The van der Waals surface area contributed by atoms with E-state index in [0.29, 0.717) is 5.56 Å². The summed E-state index contributed by atoms with van der Waals surface area (Å²) in [4.78, 5) is 15.3. The van der Waals surface area contributed by atoms with Gasteiger partial charge in [-0.2, -0.15) is 5.26 Å². The number of hydrogen-bond acceptors (Lipinski definition) is 3. The van der Waals surface area contributed by atoms with Crippen molar-refractivity contribution >= 4 is 5.78 Å². The van der Waals surface area contributed by atoms with Crippen molar-refractivity contribution in [2.45, 2.75) is 13.3 Å². The fourth-order valence-electron chi connectivity index (χ4n) is 0.969. The molecule has 1 aromatic heterocycles. The van der Waals surface area contributed by atoms with Crippen LogP contribution in [-0.2, 0) is 0 Å². The first kappa shape index (κ1) is 9.40. The average molecular weight is 174 g/mol. The molecule has 0 radical (unpaired) electrons. The zero-order valence-electron chi connectivity index (χ0n) is 7.40. The highest BCUT2D eigenvalue weighted by molar-refractivity contribution is 5.95. The quantitative estimate of drug-likeness (QED) is 0.656. The van der Waals surface area contributed by atoms with E-state index in [0.717, 1.165) is 0 Å². The zero-order valence-corrected chi connectivity index (χ0v) is 7.40. The molecule has 0 saturated heterocycles. The lowest BCUT2D eigenvalue weighted by Crippen LogP contribution is -2.04. The van der Waals surface area contributed by atoms with Crippen molar-refractivity contribution in [2.75, 3.05) is 0 Å². The molecule has 1 atom stereocenters. The van der Waals surface area contributed by atoms with Crippen molar-refractivity contribution in [3.8, 4) is 6.07 Å². The maximum Gasteiger partial charge on any atom is 0.165 e. The number of carbonyl (C=O) groups is 1. The maximum atomic E-state index is 11.4. The van der Waals surface area contributed by atoms with Crippen LogP contribution in [0.25, 0.3) is 0 Å². The van der Waals surface area contributed by atoms with E-state index < -0.39 is 0 Å². The third kappa shape index (κ3) is 2.68. The predicted octanol–water partition coefficient (Wildman–Crippen LogP) is 1.81. The van der Waals surface area contributed by atoms with Gasteiger partial charge in [0.15, 0.2) is 5.78 Å². The van der Waals surface area contributed by atoms with Gasteiger partial charge in [0.2, 0.25) is 0 Å². The highest BCUT2D eigenvalue weighted by Gasteiger charge is 2.09. The number of ketones is 1. The number of Topliss-reactive ketones (excluding diaryl/α,β-unsaturated/α-hetero) is 1. The fraction of sp³-hybridized carbons (Fsp3) is 0.300. The second-order valence-electron chi connectivity index (χ2n) is 2.90. The molecule has 66 valence electrons. The lowest BCUT2D eigenvalue weighted by atomic mass is 10.0. The van der Waals surface area contributed by atoms with Crippen molar-refractivity contribution < 1.29 is 4.79 Å². The summed E-state index contributed by atoms with van der Waals surface area (Å²) in [7, 11) is 0. The Labute approximate surface area is 77.0 Å². The molecule has 0 amide bonds. The molecule has 3 heteroatoms. The van der Waals surface area contributed by atoms with Crippen LogP contribution in [0.3, 0.4) is 0 Å². The highest BCUT2D eigenvalue weighted by atomic mass is 16.1. The van der Waals surface area contributed by atoms with Crippen LogP contribution in [0, 0.1) is 17.2 Å². The van der Waals surface area contributed by atoms with E-state index in [2.05, 4.69) is 4.98 Å². The molecule has 1 rings (SSSR count). The van der Waals surface area contributed by atoms with Crippen LogP contribution in [0.4, 0.5) is 0 Å². The smallest absolute Gasteiger partial charge is 0.165 e. The highest BCUT2D eigenvalue weighted by Crippen LogP contribution is 2.07. The van der Waals surface area contributed by atoms with Crippen LogP contribution in [0.2, 0.25) is 0 Å². The third-order valence-corrected chi connectivity index (χ3v) is 1.70. The number of pyridine rings is 1. The van der Waals surface area contributed by atoms with Crippen LogP contribution < -0.4 is 0 Å². The number of nitriles is 1. The van der Waals surface area contributed by atoms with Gasteiger partial charge < -0.3 is 0 Å². The molecule has 13 heavy (non-hydrogen) atoms. The van der Waals surface area contributed by atoms with Gasteiger partial charge in [-0.3, -0.25) is 9.78 Å². The Morgan fingerprint density at radius 3 is 3.08 bits per heavy atom. The van der Waals surface area contributed by atoms with Crippen molar-refractivity contribution in [1.29, 1.82) is 5.26 Å². The summed E-state index contributed by atoms with van der Waals surface area (Å²) >= 11 is 0. The molecule has 0 aliphatic heterocycles. The van der Waals surface area contributed by atoms with Gasteiger partial charge in [0, 0.05) is 24.4 Å². The van der Waals surface area contributed by atoms with Crippen LogP contribution in [-0.4, -0.2) is 10.8 Å². The van der Waals surface area contributed by atoms with Crippen molar-refractivity contribution in [3.05, 3.63) is 30.1 Å². The van der Waals surface area contributed by atoms with Crippen molar-refractivity contribution in [2.24, 2.45) is 5.92 Å². The number of rotatable bonds is 3. The Balaban J connectivity index is 2.66. The van der Waals surface area contributed by atoms with E-state index in [1.807, 2.05) is 6.07 Å². The van der Waals surface area contributed by atoms with E-state index in [1.54, 1.807) is 25.3 Å². The van der Waals surface area contributed by atoms with E-state index in [9.17, 15) is 4.79 Å². The second kappa shape index (κ2) is 4.36. The average Bonchev–Trinajstić information content (AvgIpc) is 2.19. The summed E-state index contributed by atoms with van der Waals surface area (Å²) in [6, 6.07) is 5.44. The summed E-state index contributed by atoms with van der Waals surface area (Å²) in [5.41, 5.74) is 0.574. The van der Waals surface area contributed by atoms with E-state index in [4.69, 9.17) is 5.26 Å². The summed E-state index contributed by atoms with van der Waals surface area (Å²) in [6.07, 6.45) is 3.40. The number of nitrogens with zero attached hydrogens (tertiary/aromatic N) is 2. The van der Waals surface area contributed by atoms with Gasteiger partial charge in [0.05, 0.1) is 12.0 Å². The Hall–Kier alpha value is -1.69. The fourth-order valence-corrected chi connectivity index (χ4v) is 0.969. The summed E-state index contributed by atoms with van der Waals surface area (Å²) in [5.74, 6) is -0.255. The van der Waals surface area contributed by atoms with Gasteiger partial charge >= 0.3 is 0 Å². The Morgan fingerprint density at radius 1 is 1.77 bits per heavy atom.